The highest BCUT2D eigenvalue weighted by atomic mass is 16.2. The summed E-state index contributed by atoms with van der Waals surface area (Å²) < 4.78 is 3.86. The summed E-state index contributed by atoms with van der Waals surface area (Å²) in [5, 5.41) is 4.80. The molecule has 0 radical (unpaired) electrons. The molecule has 0 aromatic carbocycles. The molecule has 4 heterocycles. The fourth-order valence-corrected chi connectivity index (χ4v) is 3.51. The standard InChI is InChI=1S/C18H23N7O/c1-12-13(2)20-16-11-15(17-19-5-6-22(17)4)21-25(16)18(12)24-9-7-23(8-10-24)14(3)26/h5-6,11H,7-10H2,1-4H3. The first-order valence-corrected chi connectivity index (χ1v) is 8.81. The largest absolute Gasteiger partial charge is 0.353 e. The number of hydrogen-bond donors (Lipinski definition) is 0. The lowest BCUT2D eigenvalue weighted by Crippen LogP contribution is -2.48. The highest BCUT2D eigenvalue weighted by Crippen LogP contribution is 2.27. The quantitative estimate of drug-likeness (QED) is 0.697. The first kappa shape index (κ1) is 16.6. The van der Waals surface area contributed by atoms with Crippen LogP contribution in [0.25, 0.3) is 17.2 Å². The summed E-state index contributed by atoms with van der Waals surface area (Å²) in [6.07, 6.45) is 3.68. The molecule has 1 aliphatic rings. The number of fused-ring (bicyclic) bond motifs is 1. The van der Waals surface area contributed by atoms with E-state index in [4.69, 9.17) is 10.1 Å². The van der Waals surface area contributed by atoms with E-state index >= 15 is 0 Å². The van der Waals surface area contributed by atoms with Gasteiger partial charge in [0.2, 0.25) is 5.91 Å². The summed E-state index contributed by atoms with van der Waals surface area (Å²) in [6, 6.07) is 1.98. The van der Waals surface area contributed by atoms with Crippen molar-refractivity contribution in [1.82, 2.24) is 29.0 Å². The van der Waals surface area contributed by atoms with Crippen LogP contribution in [0.2, 0.25) is 0 Å². The van der Waals surface area contributed by atoms with Crippen molar-refractivity contribution in [2.45, 2.75) is 20.8 Å². The Hall–Kier alpha value is -2.90. The summed E-state index contributed by atoms with van der Waals surface area (Å²) in [5.74, 6) is 2.00. The maximum absolute atomic E-state index is 11.6. The van der Waals surface area contributed by atoms with E-state index < -0.39 is 0 Å². The number of carbonyl (C=O) groups is 1. The van der Waals surface area contributed by atoms with Crippen LogP contribution in [0.5, 0.6) is 0 Å². The van der Waals surface area contributed by atoms with Gasteiger partial charge in [0.25, 0.3) is 0 Å². The van der Waals surface area contributed by atoms with Crippen molar-refractivity contribution in [3.05, 3.63) is 29.7 Å². The monoisotopic (exact) mass is 353 g/mol. The van der Waals surface area contributed by atoms with Gasteiger partial charge in [-0.1, -0.05) is 0 Å². The van der Waals surface area contributed by atoms with Crippen LogP contribution < -0.4 is 4.90 Å². The Kier molecular flexibility index (Phi) is 3.90. The van der Waals surface area contributed by atoms with Gasteiger partial charge in [-0.15, -0.1) is 0 Å². The average molecular weight is 353 g/mol. The smallest absolute Gasteiger partial charge is 0.219 e. The van der Waals surface area contributed by atoms with Crippen LogP contribution in [0.4, 0.5) is 5.82 Å². The van der Waals surface area contributed by atoms with Gasteiger partial charge in [0.15, 0.2) is 11.5 Å². The highest BCUT2D eigenvalue weighted by Gasteiger charge is 2.24. The number of rotatable bonds is 2. The predicted molar refractivity (Wildman–Crippen MR) is 99.1 cm³/mol. The van der Waals surface area contributed by atoms with Crippen LogP contribution >= 0.6 is 0 Å². The number of nitrogens with zero attached hydrogens (tertiary/aromatic N) is 7. The molecule has 136 valence electrons. The molecule has 0 saturated carbocycles. The normalized spacial score (nSPS) is 15.1. The van der Waals surface area contributed by atoms with Gasteiger partial charge in [-0.3, -0.25) is 4.79 Å². The Bertz CT molecular complexity index is 979. The van der Waals surface area contributed by atoms with Crippen LogP contribution in [0, 0.1) is 13.8 Å². The molecule has 0 unspecified atom stereocenters. The van der Waals surface area contributed by atoms with Gasteiger partial charge in [-0.05, 0) is 13.8 Å². The molecule has 3 aromatic rings. The van der Waals surface area contributed by atoms with E-state index in [9.17, 15) is 4.79 Å². The molecule has 3 aromatic heterocycles. The third kappa shape index (κ3) is 2.61. The second kappa shape index (κ2) is 6.12. The third-order valence-electron chi connectivity index (χ3n) is 5.13. The van der Waals surface area contributed by atoms with E-state index in [1.807, 2.05) is 40.2 Å². The van der Waals surface area contributed by atoms with E-state index in [2.05, 4.69) is 16.8 Å². The molecule has 0 atom stereocenters. The molecule has 0 spiro atoms. The average Bonchev–Trinajstić information content (AvgIpc) is 3.21. The van der Waals surface area contributed by atoms with Crippen LogP contribution in [0.15, 0.2) is 18.5 Å². The molecule has 0 bridgehead atoms. The number of imidazole rings is 1. The Morgan fingerprint density at radius 2 is 1.88 bits per heavy atom. The summed E-state index contributed by atoms with van der Waals surface area (Å²) in [6.45, 7) is 8.76. The highest BCUT2D eigenvalue weighted by molar-refractivity contribution is 5.73. The number of anilines is 1. The van der Waals surface area contributed by atoms with Crippen molar-refractivity contribution in [2.24, 2.45) is 7.05 Å². The number of hydrogen-bond acceptors (Lipinski definition) is 5. The number of carbonyl (C=O) groups excluding carboxylic acids is 1. The molecular formula is C18H23N7O. The van der Waals surface area contributed by atoms with Crippen molar-refractivity contribution < 1.29 is 4.79 Å². The Labute approximate surface area is 152 Å². The van der Waals surface area contributed by atoms with Gasteiger partial charge >= 0.3 is 0 Å². The Balaban J connectivity index is 1.78. The maximum Gasteiger partial charge on any atom is 0.219 e. The van der Waals surface area contributed by atoms with Crippen molar-refractivity contribution >= 4 is 17.4 Å². The van der Waals surface area contributed by atoms with Crippen molar-refractivity contribution in [1.29, 1.82) is 0 Å². The minimum atomic E-state index is 0.133. The minimum Gasteiger partial charge on any atom is -0.353 e. The van der Waals surface area contributed by atoms with Crippen LogP contribution in [0.3, 0.4) is 0 Å². The lowest BCUT2D eigenvalue weighted by molar-refractivity contribution is -0.129. The van der Waals surface area contributed by atoms with Gasteiger partial charge in [0.1, 0.15) is 11.5 Å². The zero-order valence-corrected chi connectivity index (χ0v) is 15.6. The van der Waals surface area contributed by atoms with E-state index in [0.717, 1.165) is 60.4 Å². The zero-order valence-electron chi connectivity index (χ0n) is 15.6. The van der Waals surface area contributed by atoms with E-state index in [0.29, 0.717) is 0 Å². The van der Waals surface area contributed by atoms with Crippen molar-refractivity contribution in [2.75, 3.05) is 31.1 Å². The number of aryl methyl sites for hydroxylation is 2. The molecule has 4 rings (SSSR count). The molecule has 1 amide bonds. The molecule has 1 fully saturated rings. The van der Waals surface area contributed by atoms with Gasteiger partial charge in [0.05, 0.1) is 0 Å². The van der Waals surface area contributed by atoms with Gasteiger partial charge in [0, 0.05) is 69.9 Å². The fourth-order valence-electron chi connectivity index (χ4n) is 3.51. The lowest BCUT2D eigenvalue weighted by atomic mass is 10.2. The second-order valence-corrected chi connectivity index (χ2v) is 6.80. The number of piperazine rings is 1. The molecule has 26 heavy (non-hydrogen) atoms. The fraction of sp³-hybridized carbons (Fsp3) is 0.444. The first-order valence-electron chi connectivity index (χ1n) is 8.81. The van der Waals surface area contributed by atoms with Gasteiger partial charge in [-0.25, -0.2) is 9.97 Å². The van der Waals surface area contributed by atoms with Crippen LogP contribution in [-0.2, 0) is 11.8 Å². The molecule has 0 aliphatic carbocycles. The van der Waals surface area contributed by atoms with Gasteiger partial charge < -0.3 is 14.4 Å². The van der Waals surface area contributed by atoms with Crippen molar-refractivity contribution in [3.63, 3.8) is 0 Å². The van der Waals surface area contributed by atoms with E-state index in [-0.39, 0.29) is 5.91 Å². The Morgan fingerprint density at radius 3 is 2.50 bits per heavy atom. The lowest BCUT2D eigenvalue weighted by Gasteiger charge is -2.36. The summed E-state index contributed by atoms with van der Waals surface area (Å²) >= 11 is 0. The van der Waals surface area contributed by atoms with E-state index in [1.165, 1.54) is 0 Å². The minimum absolute atomic E-state index is 0.133. The molecule has 8 heteroatoms. The molecule has 8 nitrogen and oxygen atoms in total. The van der Waals surface area contributed by atoms with Gasteiger partial charge in [-0.2, -0.15) is 9.61 Å². The summed E-state index contributed by atoms with van der Waals surface area (Å²) in [4.78, 5) is 24.9. The second-order valence-electron chi connectivity index (χ2n) is 6.80. The maximum atomic E-state index is 11.6. The van der Waals surface area contributed by atoms with Crippen LogP contribution in [0.1, 0.15) is 18.2 Å². The summed E-state index contributed by atoms with van der Waals surface area (Å²) in [7, 11) is 1.96. The molecule has 0 N–H and O–H groups in total. The molecule has 1 aliphatic heterocycles. The van der Waals surface area contributed by atoms with Crippen molar-refractivity contribution in [3.8, 4) is 11.5 Å². The van der Waals surface area contributed by atoms with Crippen LogP contribution in [-0.4, -0.2) is 61.1 Å². The Morgan fingerprint density at radius 1 is 1.15 bits per heavy atom. The molecular weight excluding hydrogens is 330 g/mol. The number of aromatic nitrogens is 5. The number of amides is 1. The summed E-state index contributed by atoms with van der Waals surface area (Å²) in [5.41, 5.74) is 3.73. The third-order valence-corrected chi connectivity index (χ3v) is 5.13. The molecule has 1 saturated heterocycles. The predicted octanol–water partition coefficient (Wildman–Crippen LogP) is 1.42. The SMILES string of the molecule is CC(=O)N1CCN(c2c(C)c(C)nc3cc(-c4nccn4C)nn23)CC1. The van der Waals surface area contributed by atoms with E-state index in [1.54, 1.807) is 13.1 Å². The zero-order chi connectivity index (χ0) is 18.4. The topological polar surface area (TPSA) is 71.6 Å². The first-order chi connectivity index (χ1) is 12.5.